The van der Waals surface area contributed by atoms with Gasteiger partial charge in [-0.3, -0.25) is 14.7 Å². The number of pyridine rings is 1. The van der Waals surface area contributed by atoms with Crippen LogP contribution >= 0.6 is 15.9 Å². The van der Waals surface area contributed by atoms with Gasteiger partial charge in [-0.2, -0.15) is 0 Å². The molecule has 120 valence electrons. The zero-order chi connectivity index (χ0) is 16.1. The summed E-state index contributed by atoms with van der Waals surface area (Å²) in [6.07, 6.45) is 5.51. The summed E-state index contributed by atoms with van der Waals surface area (Å²) in [5, 5.41) is 3.02. The lowest BCUT2D eigenvalue weighted by molar-refractivity contribution is -0.121. The smallest absolute Gasteiger partial charge is 0.227 e. The van der Waals surface area contributed by atoms with Gasteiger partial charge in [-0.25, -0.2) is 0 Å². The molecule has 1 aromatic carbocycles. The van der Waals surface area contributed by atoms with Crippen molar-refractivity contribution in [1.29, 1.82) is 0 Å². The van der Waals surface area contributed by atoms with Crippen LogP contribution in [0.4, 0.5) is 5.69 Å². The van der Waals surface area contributed by atoms with Crippen LogP contribution in [0.3, 0.4) is 0 Å². The van der Waals surface area contributed by atoms with Gasteiger partial charge in [0.15, 0.2) is 0 Å². The predicted molar refractivity (Wildman–Crippen MR) is 95.0 cm³/mol. The number of rotatable bonds is 4. The van der Waals surface area contributed by atoms with Crippen LogP contribution in [-0.4, -0.2) is 28.9 Å². The summed E-state index contributed by atoms with van der Waals surface area (Å²) < 4.78 is 1.01. The maximum absolute atomic E-state index is 12.4. The molecule has 1 aliphatic heterocycles. The van der Waals surface area contributed by atoms with Gasteiger partial charge in [-0.05, 0) is 61.8 Å². The van der Waals surface area contributed by atoms with Crippen molar-refractivity contribution in [3.8, 4) is 0 Å². The van der Waals surface area contributed by atoms with Crippen LogP contribution in [0, 0.1) is 5.92 Å². The van der Waals surface area contributed by atoms with E-state index in [1.54, 1.807) is 6.20 Å². The Morgan fingerprint density at radius 1 is 1.22 bits per heavy atom. The Labute approximate surface area is 145 Å². The standard InChI is InChI=1S/C18H20BrN3O/c19-16-3-5-17(6-4-16)21-18(23)15-7-10-22(11-8-15)13-14-2-1-9-20-12-14/h1-6,9,12,15H,7-8,10-11,13H2,(H,21,23). The lowest BCUT2D eigenvalue weighted by Crippen LogP contribution is -2.37. The number of nitrogens with zero attached hydrogens (tertiary/aromatic N) is 2. The number of likely N-dealkylation sites (tertiary alicyclic amines) is 1. The van der Waals surface area contributed by atoms with Crippen molar-refractivity contribution in [2.75, 3.05) is 18.4 Å². The lowest BCUT2D eigenvalue weighted by Gasteiger charge is -2.31. The number of hydrogen-bond acceptors (Lipinski definition) is 3. The number of piperidine rings is 1. The van der Waals surface area contributed by atoms with E-state index in [1.807, 2.05) is 36.5 Å². The van der Waals surface area contributed by atoms with Crippen molar-refractivity contribution in [3.63, 3.8) is 0 Å². The second-order valence-corrected chi connectivity index (χ2v) is 6.82. The van der Waals surface area contributed by atoms with E-state index in [-0.39, 0.29) is 11.8 Å². The number of benzene rings is 1. The lowest BCUT2D eigenvalue weighted by atomic mass is 9.95. The van der Waals surface area contributed by atoms with E-state index in [0.717, 1.165) is 42.6 Å². The number of hydrogen-bond donors (Lipinski definition) is 1. The molecule has 0 radical (unpaired) electrons. The van der Waals surface area contributed by atoms with Gasteiger partial charge in [0.05, 0.1) is 0 Å². The van der Waals surface area contributed by atoms with Crippen molar-refractivity contribution < 1.29 is 4.79 Å². The average molecular weight is 374 g/mol. The van der Waals surface area contributed by atoms with Crippen molar-refractivity contribution in [1.82, 2.24) is 9.88 Å². The molecule has 0 bridgehead atoms. The van der Waals surface area contributed by atoms with E-state index in [4.69, 9.17) is 0 Å². The van der Waals surface area contributed by atoms with Crippen molar-refractivity contribution in [2.45, 2.75) is 19.4 Å². The first-order chi connectivity index (χ1) is 11.2. The van der Waals surface area contributed by atoms with Gasteiger partial charge in [0.2, 0.25) is 5.91 Å². The van der Waals surface area contributed by atoms with Gasteiger partial charge in [0, 0.05) is 35.0 Å². The zero-order valence-electron chi connectivity index (χ0n) is 12.9. The molecule has 1 saturated heterocycles. The summed E-state index contributed by atoms with van der Waals surface area (Å²) in [4.78, 5) is 18.9. The quantitative estimate of drug-likeness (QED) is 0.888. The molecular formula is C18H20BrN3O. The first kappa shape index (κ1) is 16.1. The topological polar surface area (TPSA) is 45.2 Å². The predicted octanol–water partition coefficient (Wildman–Crippen LogP) is 3.69. The van der Waals surface area contributed by atoms with Crippen LogP contribution in [-0.2, 0) is 11.3 Å². The van der Waals surface area contributed by atoms with Gasteiger partial charge in [-0.1, -0.05) is 22.0 Å². The fourth-order valence-electron chi connectivity index (χ4n) is 2.88. The molecule has 0 atom stereocenters. The summed E-state index contributed by atoms with van der Waals surface area (Å²) >= 11 is 3.40. The maximum Gasteiger partial charge on any atom is 0.227 e. The Kier molecular flexibility index (Phi) is 5.41. The second kappa shape index (κ2) is 7.70. The van der Waals surface area contributed by atoms with Crippen LogP contribution in [0.1, 0.15) is 18.4 Å². The molecule has 5 heteroatoms. The first-order valence-electron chi connectivity index (χ1n) is 7.88. The minimum Gasteiger partial charge on any atom is -0.326 e. The van der Waals surface area contributed by atoms with Crippen LogP contribution in [0.5, 0.6) is 0 Å². The number of amides is 1. The van der Waals surface area contributed by atoms with Gasteiger partial charge < -0.3 is 5.32 Å². The number of halogens is 1. The van der Waals surface area contributed by atoms with E-state index in [9.17, 15) is 4.79 Å². The number of carbonyl (C=O) groups is 1. The molecule has 0 spiro atoms. The molecule has 0 unspecified atom stereocenters. The third kappa shape index (κ3) is 4.62. The van der Waals surface area contributed by atoms with E-state index in [0.29, 0.717) is 0 Å². The summed E-state index contributed by atoms with van der Waals surface area (Å²) in [6, 6.07) is 11.8. The molecule has 23 heavy (non-hydrogen) atoms. The molecule has 1 aromatic heterocycles. The van der Waals surface area contributed by atoms with Crippen molar-refractivity contribution in [3.05, 3.63) is 58.8 Å². The minimum absolute atomic E-state index is 0.101. The zero-order valence-corrected chi connectivity index (χ0v) is 14.5. The van der Waals surface area contributed by atoms with Crippen molar-refractivity contribution in [2.24, 2.45) is 5.92 Å². The highest BCUT2D eigenvalue weighted by Crippen LogP contribution is 2.21. The van der Waals surface area contributed by atoms with E-state index < -0.39 is 0 Å². The Morgan fingerprint density at radius 2 is 1.96 bits per heavy atom. The highest BCUT2D eigenvalue weighted by atomic mass is 79.9. The van der Waals surface area contributed by atoms with Gasteiger partial charge in [-0.15, -0.1) is 0 Å². The summed E-state index contributed by atoms with van der Waals surface area (Å²) in [7, 11) is 0. The SMILES string of the molecule is O=C(Nc1ccc(Br)cc1)C1CCN(Cc2cccnc2)CC1. The first-order valence-corrected chi connectivity index (χ1v) is 8.68. The third-order valence-corrected chi connectivity index (χ3v) is 4.73. The highest BCUT2D eigenvalue weighted by Gasteiger charge is 2.25. The normalized spacial score (nSPS) is 16.2. The highest BCUT2D eigenvalue weighted by molar-refractivity contribution is 9.10. The van der Waals surface area contributed by atoms with Crippen LogP contribution in [0.25, 0.3) is 0 Å². The van der Waals surface area contributed by atoms with E-state index in [2.05, 4.69) is 37.2 Å². The third-order valence-electron chi connectivity index (χ3n) is 4.20. The average Bonchev–Trinajstić information content (AvgIpc) is 2.58. The van der Waals surface area contributed by atoms with Crippen LogP contribution in [0.15, 0.2) is 53.3 Å². The number of carbonyl (C=O) groups excluding carboxylic acids is 1. The molecule has 1 aliphatic rings. The van der Waals surface area contributed by atoms with Gasteiger partial charge >= 0.3 is 0 Å². The molecule has 1 amide bonds. The number of nitrogens with one attached hydrogen (secondary N) is 1. The fraction of sp³-hybridized carbons (Fsp3) is 0.333. The summed E-state index contributed by atoms with van der Waals surface area (Å²) in [5.74, 6) is 0.233. The fourth-order valence-corrected chi connectivity index (χ4v) is 3.14. The molecule has 2 aromatic rings. The maximum atomic E-state index is 12.4. The molecular weight excluding hydrogens is 354 g/mol. The van der Waals surface area contributed by atoms with Gasteiger partial charge in [0.1, 0.15) is 0 Å². The second-order valence-electron chi connectivity index (χ2n) is 5.91. The molecule has 0 saturated carbocycles. The molecule has 4 nitrogen and oxygen atoms in total. The molecule has 1 fully saturated rings. The molecule has 0 aliphatic carbocycles. The molecule has 3 rings (SSSR count). The molecule has 2 heterocycles. The minimum atomic E-state index is 0.101. The van der Waals surface area contributed by atoms with Gasteiger partial charge in [0.25, 0.3) is 0 Å². The van der Waals surface area contributed by atoms with Crippen molar-refractivity contribution >= 4 is 27.5 Å². The van der Waals surface area contributed by atoms with E-state index in [1.165, 1.54) is 5.56 Å². The monoisotopic (exact) mass is 373 g/mol. The Bertz CT molecular complexity index is 637. The number of aromatic nitrogens is 1. The Morgan fingerprint density at radius 3 is 2.61 bits per heavy atom. The van der Waals surface area contributed by atoms with E-state index >= 15 is 0 Å². The molecule has 1 N–H and O–H groups in total. The largest absolute Gasteiger partial charge is 0.326 e. The summed E-state index contributed by atoms with van der Waals surface area (Å²) in [6.45, 7) is 2.82. The van der Waals surface area contributed by atoms with Crippen LogP contribution < -0.4 is 5.32 Å². The van der Waals surface area contributed by atoms with Crippen LogP contribution in [0.2, 0.25) is 0 Å². The Balaban J connectivity index is 1.48. The number of anilines is 1. The Hall–Kier alpha value is -1.72. The summed E-state index contributed by atoms with van der Waals surface area (Å²) in [5.41, 5.74) is 2.08.